The van der Waals surface area contributed by atoms with Gasteiger partial charge in [0.2, 0.25) is 0 Å². The van der Waals surface area contributed by atoms with E-state index >= 15 is 0 Å². The highest BCUT2D eigenvalue weighted by Gasteiger charge is 2.34. The molecule has 2 aromatic carbocycles. The highest BCUT2D eigenvalue weighted by molar-refractivity contribution is 9.10. The molecule has 0 aromatic heterocycles. The zero-order chi connectivity index (χ0) is 19.6. The van der Waals surface area contributed by atoms with Crippen molar-refractivity contribution in [1.82, 2.24) is 5.32 Å². The van der Waals surface area contributed by atoms with E-state index in [-0.39, 0.29) is 23.3 Å². The lowest BCUT2D eigenvalue weighted by atomic mass is 9.97. The van der Waals surface area contributed by atoms with Gasteiger partial charge in [0.25, 0.3) is 10.0 Å². The number of fused-ring (bicyclic) bond motifs is 2. The summed E-state index contributed by atoms with van der Waals surface area (Å²) in [4.78, 5) is 11.9. The summed E-state index contributed by atoms with van der Waals surface area (Å²) in [7, 11) is -2.15. The molecule has 0 spiro atoms. The maximum absolute atomic E-state index is 13.2. The molecule has 0 saturated heterocycles. The van der Waals surface area contributed by atoms with Gasteiger partial charge in [-0.05, 0) is 36.2 Å². The fraction of sp³-hybridized carbons (Fsp3) is 0.316. The molecule has 2 aromatic rings. The van der Waals surface area contributed by atoms with Crippen LogP contribution in [0.25, 0.3) is 0 Å². The third-order valence-electron chi connectivity index (χ3n) is 4.49. The Labute approximate surface area is 167 Å². The fourth-order valence-electron chi connectivity index (χ4n) is 3.20. The summed E-state index contributed by atoms with van der Waals surface area (Å²) in [5, 5.41) is 3.33. The van der Waals surface area contributed by atoms with Crippen LogP contribution in [0.3, 0.4) is 0 Å². The minimum atomic E-state index is -3.70. The number of nitrogens with zero attached hydrogens (tertiary/aromatic N) is 1. The van der Waals surface area contributed by atoms with Gasteiger partial charge in [-0.2, -0.15) is 0 Å². The number of benzene rings is 2. The SMILES string of the molecule is CCOC(=O)CCNC1c2ccccc2N(C)S(=O)(=O)c2cc(Br)ccc21. The second-order valence-corrected chi connectivity index (χ2v) is 9.01. The van der Waals surface area contributed by atoms with E-state index in [4.69, 9.17) is 4.74 Å². The van der Waals surface area contributed by atoms with Crippen LogP contribution in [0.1, 0.15) is 30.5 Å². The highest BCUT2D eigenvalue weighted by Crippen LogP contribution is 2.40. The van der Waals surface area contributed by atoms with E-state index in [0.717, 1.165) is 5.56 Å². The van der Waals surface area contributed by atoms with Crippen LogP contribution in [-0.2, 0) is 19.6 Å². The van der Waals surface area contributed by atoms with E-state index in [1.165, 1.54) is 4.31 Å². The second kappa shape index (κ2) is 8.00. The van der Waals surface area contributed by atoms with Gasteiger partial charge in [-0.1, -0.05) is 40.2 Å². The van der Waals surface area contributed by atoms with E-state index in [9.17, 15) is 13.2 Å². The van der Waals surface area contributed by atoms with Gasteiger partial charge in [0.05, 0.1) is 29.7 Å². The van der Waals surface area contributed by atoms with Gasteiger partial charge in [0.1, 0.15) is 0 Å². The van der Waals surface area contributed by atoms with E-state index in [2.05, 4.69) is 21.2 Å². The molecule has 1 atom stereocenters. The largest absolute Gasteiger partial charge is 0.466 e. The maximum Gasteiger partial charge on any atom is 0.307 e. The van der Waals surface area contributed by atoms with Crippen molar-refractivity contribution in [2.24, 2.45) is 0 Å². The third kappa shape index (κ3) is 3.88. The molecule has 1 unspecified atom stereocenters. The van der Waals surface area contributed by atoms with Crippen LogP contribution in [0.5, 0.6) is 0 Å². The number of nitrogens with one attached hydrogen (secondary N) is 1. The van der Waals surface area contributed by atoms with E-state index in [1.807, 2.05) is 24.3 Å². The molecule has 0 radical (unpaired) electrons. The zero-order valence-electron chi connectivity index (χ0n) is 15.1. The van der Waals surface area contributed by atoms with Gasteiger partial charge in [-0.25, -0.2) is 8.42 Å². The standard InChI is InChI=1S/C19H21BrN2O4S/c1-3-26-18(23)10-11-21-19-14-6-4-5-7-16(14)22(2)27(24,25)17-12-13(20)8-9-15(17)19/h4-9,12,19,21H,3,10-11H2,1-2H3. The molecule has 1 N–H and O–H groups in total. The van der Waals surface area contributed by atoms with Crippen molar-refractivity contribution in [3.05, 3.63) is 58.1 Å². The topological polar surface area (TPSA) is 75.7 Å². The van der Waals surface area contributed by atoms with Gasteiger partial charge < -0.3 is 10.1 Å². The summed E-state index contributed by atoms with van der Waals surface area (Å²) >= 11 is 3.37. The van der Waals surface area contributed by atoms with Crippen molar-refractivity contribution in [2.45, 2.75) is 24.3 Å². The van der Waals surface area contributed by atoms with Crippen LogP contribution in [0.15, 0.2) is 51.8 Å². The monoisotopic (exact) mass is 452 g/mol. The van der Waals surface area contributed by atoms with Crippen LogP contribution in [0.2, 0.25) is 0 Å². The number of halogens is 1. The molecule has 1 heterocycles. The molecule has 0 fully saturated rings. The van der Waals surface area contributed by atoms with Gasteiger partial charge in [0, 0.05) is 18.1 Å². The Bertz CT molecular complexity index is 962. The molecule has 0 aliphatic carbocycles. The average molecular weight is 453 g/mol. The first-order chi connectivity index (χ1) is 12.9. The summed E-state index contributed by atoms with van der Waals surface area (Å²) in [6.45, 7) is 2.48. The number of hydrogen-bond acceptors (Lipinski definition) is 5. The number of hydrogen-bond donors (Lipinski definition) is 1. The van der Waals surface area contributed by atoms with E-state index < -0.39 is 10.0 Å². The van der Waals surface area contributed by atoms with Crippen LogP contribution in [0, 0.1) is 0 Å². The van der Waals surface area contributed by atoms with Crippen LogP contribution < -0.4 is 9.62 Å². The van der Waals surface area contributed by atoms with Gasteiger partial charge in [-0.3, -0.25) is 9.10 Å². The molecule has 8 heteroatoms. The quantitative estimate of drug-likeness (QED) is 0.704. The van der Waals surface area contributed by atoms with Gasteiger partial charge >= 0.3 is 5.97 Å². The lowest BCUT2D eigenvalue weighted by Gasteiger charge is -2.22. The average Bonchev–Trinajstić information content (AvgIpc) is 2.71. The van der Waals surface area contributed by atoms with Crippen molar-refractivity contribution < 1.29 is 17.9 Å². The summed E-state index contributed by atoms with van der Waals surface area (Å²) in [6, 6.07) is 12.3. The van der Waals surface area contributed by atoms with Gasteiger partial charge in [0.15, 0.2) is 0 Å². The number of carbonyl (C=O) groups excluding carboxylic acids is 1. The van der Waals surface area contributed by atoms with E-state index in [1.54, 1.807) is 32.2 Å². The molecule has 0 amide bonds. The predicted molar refractivity (Wildman–Crippen MR) is 107 cm³/mol. The molecule has 1 aliphatic rings. The molecular weight excluding hydrogens is 432 g/mol. The van der Waals surface area contributed by atoms with Crippen LogP contribution in [-0.4, -0.2) is 34.6 Å². The minimum Gasteiger partial charge on any atom is -0.466 e. The fourth-order valence-corrected chi connectivity index (χ4v) is 5.20. The van der Waals surface area contributed by atoms with Gasteiger partial charge in [-0.15, -0.1) is 0 Å². The Kier molecular flexibility index (Phi) is 5.88. The van der Waals surface area contributed by atoms with Crippen molar-refractivity contribution in [2.75, 3.05) is 24.5 Å². The van der Waals surface area contributed by atoms with Crippen molar-refractivity contribution in [3.8, 4) is 0 Å². The molecule has 27 heavy (non-hydrogen) atoms. The smallest absolute Gasteiger partial charge is 0.307 e. The lowest BCUT2D eigenvalue weighted by Crippen LogP contribution is -2.26. The Morgan fingerprint density at radius 1 is 1.22 bits per heavy atom. The number of esters is 1. The predicted octanol–water partition coefficient (Wildman–Crippen LogP) is 3.22. The zero-order valence-corrected chi connectivity index (χ0v) is 17.5. The molecule has 144 valence electrons. The number of anilines is 1. The molecule has 1 aliphatic heterocycles. The first kappa shape index (κ1) is 19.9. The lowest BCUT2D eigenvalue weighted by molar-refractivity contribution is -0.143. The first-order valence-electron chi connectivity index (χ1n) is 8.62. The highest BCUT2D eigenvalue weighted by atomic mass is 79.9. The molecule has 6 nitrogen and oxygen atoms in total. The van der Waals surface area contributed by atoms with E-state index in [0.29, 0.717) is 28.9 Å². The molecule has 0 saturated carbocycles. The summed E-state index contributed by atoms with van der Waals surface area (Å²) in [6.07, 6.45) is 0.209. The Hall–Kier alpha value is -1.90. The number of ether oxygens (including phenoxy) is 1. The number of para-hydroxylation sites is 1. The summed E-state index contributed by atoms with van der Waals surface area (Å²) in [5.41, 5.74) is 2.10. The summed E-state index contributed by atoms with van der Waals surface area (Å²) < 4.78 is 33.3. The van der Waals surface area contributed by atoms with Crippen LogP contribution in [0.4, 0.5) is 5.69 Å². The molecular formula is C19H21BrN2O4S. The van der Waals surface area contributed by atoms with Crippen molar-refractivity contribution in [1.29, 1.82) is 0 Å². The Morgan fingerprint density at radius 3 is 2.70 bits per heavy atom. The third-order valence-corrected chi connectivity index (χ3v) is 6.82. The minimum absolute atomic E-state index is 0.209. The summed E-state index contributed by atoms with van der Waals surface area (Å²) in [5.74, 6) is -0.285. The Morgan fingerprint density at radius 2 is 1.96 bits per heavy atom. The maximum atomic E-state index is 13.2. The normalized spacial score (nSPS) is 17.6. The molecule has 0 bridgehead atoms. The number of rotatable bonds is 5. The number of carbonyl (C=O) groups is 1. The number of sulfonamides is 1. The molecule has 3 rings (SSSR count). The van der Waals surface area contributed by atoms with Crippen molar-refractivity contribution >= 4 is 37.6 Å². The second-order valence-electron chi connectivity index (χ2n) is 6.16. The van der Waals surface area contributed by atoms with Crippen molar-refractivity contribution in [3.63, 3.8) is 0 Å². The first-order valence-corrected chi connectivity index (χ1v) is 10.9. The van der Waals surface area contributed by atoms with Crippen LogP contribution >= 0.6 is 15.9 Å². The Balaban J connectivity index is 2.07.